The Balaban J connectivity index is 2.23. The van der Waals surface area contributed by atoms with E-state index in [1.807, 2.05) is 13.8 Å². The number of rotatable bonds is 2. The second kappa shape index (κ2) is 4.85. The Morgan fingerprint density at radius 3 is 3.06 bits per heavy atom. The van der Waals surface area contributed by atoms with Crippen LogP contribution in [0.5, 0.6) is 0 Å². The number of ether oxygens (including phenoxy) is 1. The van der Waals surface area contributed by atoms with Crippen molar-refractivity contribution in [3.8, 4) is 0 Å². The molecular weight excluding hydrogens is 220 g/mol. The van der Waals surface area contributed by atoms with Crippen molar-refractivity contribution in [3.05, 3.63) is 11.8 Å². The molecule has 0 amide bonds. The Morgan fingerprint density at radius 2 is 2.35 bits per heavy atom. The fourth-order valence-electron chi connectivity index (χ4n) is 2.09. The summed E-state index contributed by atoms with van der Waals surface area (Å²) in [5, 5.41) is 9.19. The molecule has 1 aliphatic heterocycles. The normalized spacial score (nSPS) is 25.0. The molecule has 0 spiro atoms. The fourth-order valence-corrected chi connectivity index (χ4v) is 2.09. The van der Waals surface area contributed by atoms with Crippen LogP contribution >= 0.6 is 0 Å². The van der Waals surface area contributed by atoms with Gasteiger partial charge in [-0.15, -0.1) is 0 Å². The van der Waals surface area contributed by atoms with Crippen LogP contribution in [0.15, 0.2) is 6.20 Å². The molecule has 0 saturated carbocycles. The molecule has 2 atom stereocenters. The summed E-state index contributed by atoms with van der Waals surface area (Å²) in [6.07, 6.45) is 1.61. The first-order valence-electron chi connectivity index (χ1n) is 5.70. The standard InChI is InChI=1S/C11H18N4O2/c1-7-3-13-11(12)14-10(7)15-4-8(2)17-9(5-15)6-16/h3,8-9,16H,4-6H2,1-2H3,(H2,12,13,14). The predicted octanol–water partition coefficient (Wildman–Crippen LogP) is -0.0468. The minimum absolute atomic E-state index is 0.0143. The van der Waals surface area contributed by atoms with Crippen LogP contribution in [0.25, 0.3) is 0 Å². The van der Waals surface area contributed by atoms with Crippen molar-refractivity contribution in [1.29, 1.82) is 0 Å². The first kappa shape index (κ1) is 12.1. The van der Waals surface area contributed by atoms with E-state index < -0.39 is 0 Å². The number of aliphatic hydroxyl groups is 1. The Kier molecular flexibility index (Phi) is 3.44. The maximum Gasteiger partial charge on any atom is 0.221 e. The monoisotopic (exact) mass is 238 g/mol. The van der Waals surface area contributed by atoms with Gasteiger partial charge in [-0.2, -0.15) is 4.98 Å². The van der Waals surface area contributed by atoms with E-state index >= 15 is 0 Å². The number of nitrogens with two attached hydrogens (primary N) is 1. The van der Waals surface area contributed by atoms with Gasteiger partial charge in [0.05, 0.1) is 18.8 Å². The van der Waals surface area contributed by atoms with Gasteiger partial charge in [0.15, 0.2) is 0 Å². The van der Waals surface area contributed by atoms with Crippen molar-refractivity contribution in [1.82, 2.24) is 9.97 Å². The van der Waals surface area contributed by atoms with Crippen molar-refractivity contribution in [2.45, 2.75) is 26.1 Å². The Hall–Kier alpha value is -1.40. The van der Waals surface area contributed by atoms with Gasteiger partial charge in [0, 0.05) is 24.8 Å². The topological polar surface area (TPSA) is 84.5 Å². The maximum atomic E-state index is 9.19. The number of aryl methyl sites for hydroxylation is 1. The zero-order valence-corrected chi connectivity index (χ0v) is 10.1. The minimum atomic E-state index is -0.172. The van der Waals surface area contributed by atoms with Gasteiger partial charge in [0.1, 0.15) is 5.82 Å². The van der Waals surface area contributed by atoms with E-state index in [4.69, 9.17) is 10.5 Å². The highest BCUT2D eigenvalue weighted by molar-refractivity contribution is 5.48. The zero-order valence-electron chi connectivity index (χ0n) is 10.1. The van der Waals surface area contributed by atoms with E-state index in [-0.39, 0.29) is 24.8 Å². The van der Waals surface area contributed by atoms with Gasteiger partial charge in [-0.05, 0) is 13.8 Å². The molecule has 1 aromatic heterocycles. The van der Waals surface area contributed by atoms with Crippen LogP contribution in [0.4, 0.5) is 11.8 Å². The van der Waals surface area contributed by atoms with E-state index in [0.29, 0.717) is 6.54 Å². The molecule has 1 aliphatic rings. The summed E-state index contributed by atoms with van der Waals surface area (Å²) >= 11 is 0. The lowest BCUT2D eigenvalue weighted by atomic mass is 10.2. The summed E-state index contributed by atoms with van der Waals surface area (Å²) in [5.74, 6) is 1.09. The van der Waals surface area contributed by atoms with E-state index in [1.165, 1.54) is 0 Å². The summed E-state index contributed by atoms with van der Waals surface area (Å²) in [4.78, 5) is 10.3. The third-order valence-corrected chi connectivity index (χ3v) is 2.79. The molecule has 1 aromatic rings. The van der Waals surface area contributed by atoms with Crippen LogP contribution < -0.4 is 10.6 Å². The molecule has 1 saturated heterocycles. The number of anilines is 2. The van der Waals surface area contributed by atoms with Crippen molar-refractivity contribution < 1.29 is 9.84 Å². The lowest BCUT2D eigenvalue weighted by Gasteiger charge is -2.37. The van der Waals surface area contributed by atoms with Gasteiger partial charge < -0.3 is 20.5 Å². The molecule has 17 heavy (non-hydrogen) atoms. The molecule has 0 bridgehead atoms. The van der Waals surface area contributed by atoms with E-state index in [2.05, 4.69) is 14.9 Å². The summed E-state index contributed by atoms with van der Waals surface area (Å²) in [5.41, 5.74) is 6.58. The highest BCUT2D eigenvalue weighted by Gasteiger charge is 2.26. The van der Waals surface area contributed by atoms with Crippen LogP contribution in [0.3, 0.4) is 0 Å². The van der Waals surface area contributed by atoms with Crippen molar-refractivity contribution >= 4 is 11.8 Å². The molecule has 3 N–H and O–H groups in total. The van der Waals surface area contributed by atoms with Gasteiger partial charge in [-0.3, -0.25) is 0 Å². The number of aromatic nitrogens is 2. The molecule has 1 fully saturated rings. The molecule has 2 unspecified atom stereocenters. The van der Waals surface area contributed by atoms with Crippen LogP contribution in [0.2, 0.25) is 0 Å². The van der Waals surface area contributed by atoms with E-state index in [0.717, 1.165) is 17.9 Å². The Labute approximate surface area is 100 Å². The molecule has 6 nitrogen and oxygen atoms in total. The first-order chi connectivity index (χ1) is 8.10. The Morgan fingerprint density at radius 1 is 1.59 bits per heavy atom. The fraction of sp³-hybridized carbons (Fsp3) is 0.636. The number of nitrogens with zero attached hydrogens (tertiary/aromatic N) is 3. The van der Waals surface area contributed by atoms with Crippen molar-refractivity contribution in [3.63, 3.8) is 0 Å². The summed E-state index contributed by atoms with van der Waals surface area (Å²) in [6, 6.07) is 0. The van der Waals surface area contributed by atoms with Crippen molar-refractivity contribution in [2.24, 2.45) is 0 Å². The number of nitrogen functional groups attached to an aromatic ring is 1. The number of morpholine rings is 1. The molecule has 0 radical (unpaired) electrons. The molecule has 0 aromatic carbocycles. The van der Waals surface area contributed by atoms with Crippen LogP contribution in [0, 0.1) is 6.92 Å². The quantitative estimate of drug-likeness (QED) is 0.751. The van der Waals surface area contributed by atoms with Crippen LogP contribution in [-0.2, 0) is 4.74 Å². The smallest absolute Gasteiger partial charge is 0.221 e. The average molecular weight is 238 g/mol. The molecule has 0 aliphatic carbocycles. The lowest BCUT2D eigenvalue weighted by Crippen LogP contribution is -2.48. The van der Waals surface area contributed by atoms with Crippen molar-refractivity contribution in [2.75, 3.05) is 30.3 Å². The van der Waals surface area contributed by atoms with Crippen LogP contribution in [0.1, 0.15) is 12.5 Å². The first-order valence-corrected chi connectivity index (χ1v) is 5.70. The average Bonchev–Trinajstić information content (AvgIpc) is 2.31. The predicted molar refractivity (Wildman–Crippen MR) is 64.8 cm³/mol. The van der Waals surface area contributed by atoms with Crippen LogP contribution in [-0.4, -0.2) is 47.0 Å². The summed E-state index contributed by atoms with van der Waals surface area (Å²) in [7, 11) is 0. The lowest BCUT2D eigenvalue weighted by molar-refractivity contribution is -0.0423. The highest BCUT2D eigenvalue weighted by atomic mass is 16.5. The number of hydrogen-bond donors (Lipinski definition) is 2. The zero-order chi connectivity index (χ0) is 12.4. The number of hydrogen-bond acceptors (Lipinski definition) is 6. The van der Waals surface area contributed by atoms with E-state index in [9.17, 15) is 5.11 Å². The van der Waals surface area contributed by atoms with E-state index in [1.54, 1.807) is 6.20 Å². The van der Waals surface area contributed by atoms with Gasteiger partial charge in [0.25, 0.3) is 0 Å². The molecule has 6 heteroatoms. The molecule has 94 valence electrons. The third-order valence-electron chi connectivity index (χ3n) is 2.79. The summed E-state index contributed by atoms with van der Waals surface area (Å²) < 4.78 is 5.59. The SMILES string of the molecule is Cc1cnc(N)nc1N1CC(C)OC(CO)C1. The van der Waals surface area contributed by atoms with Gasteiger partial charge in [-0.1, -0.05) is 0 Å². The van der Waals surface area contributed by atoms with Gasteiger partial charge >= 0.3 is 0 Å². The highest BCUT2D eigenvalue weighted by Crippen LogP contribution is 2.21. The van der Waals surface area contributed by atoms with Gasteiger partial charge in [0.2, 0.25) is 5.95 Å². The second-order valence-electron chi connectivity index (χ2n) is 4.39. The third kappa shape index (κ3) is 2.65. The Bertz CT molecular complexity index is 399. The maximum absolute atomic E-state index is 9.19. The van der Waals surface area contributed by atoms with Gasteiger partial charge in [-0.25, -0.2) is 4.98 Å². The number of aliphatic hydroxyl groups excluding tert-OH is 1. The molecular formula is C11H18N4O2. The summed E-state index contributed by atoms with van der Waals surface area (Å²) in [6.45, 7) is 5.31. The molecule has 2 rings (SSSR count). The second-order valence-corrected chi connectivity index (χ2v) is 4.39. The largest absolute Gasteiger partial charge is 0.394 e. The molecule has 2 heterocycles. The minimum Gasteiger partial charge on any atom is -0.394 e.